The molecule has 0 bridgehead atoms. The maximum Gasteiger partial charge on any atom is 0.136 e. The standard InChI is InChI=1S/C27H23OP/c1-22-17-19-23(20-18-22)27(28)21-29(24-11-5-2-6-12-24,25-13-7-3-8-14-25)26-15-9-4-10-16-26/h2-21H,1H3/b27-21-. The van der Waals surface area contributed by atoms with Crippen LogP contribution in [-0.4, -0.2) is 0 Å². The summed E-state index contributed by atoms with van der Waals surface area (Å²) in [6.07, 6.45) is 0. The van der Waals surface area contributed by atoms with Gasteiger partial charge in [-0.1, -0.05) is 90.2 Å². The highest BCUT2D eigenvalue weighted by Crippen LogP contribution is 2.57. The first kappa shape index (κ1) is 19.2. The Hall–Kier alpha value is -3.15. The molecule has 0 N–H and O–H groups in total. The number of rotatable bonds is 5. The molecular formula is C27H23OP. The van der Waals surface area contributed by atoms with Crippen LogP contribution in [0.15, 0.2) is 121 Å². The molecule has 0 fully saturated rings. The Balaban J connectivity index is 2.02. The minimum Gasteiger partial charge on any atom is -0.870 e. The van der Waals surface area contributed by atoms with E-state index in [4.69, 9.17) is 0 Å². The third-order valence-corrected chi connectivity index (χ3v) is 9.10. The third kappa shape index (κ3) is 3.88. The number of hydrogen-bond acceptors (Lipinski definition) is 1. The predicted octanol–water partition coefficient (Wildman–Crippen LogP) is 4.65. The van der Waals surface area contributed by atoms with E-state index in [0.717, 1.165) is 11.1 Å². The fraction of sp³-hybridized carbons (Fsp3) is 0.0370. The van der Waals surface area contributed by atoms with Crippen molar-refractivity contribution >= 4 is 28.9 Å². The summed E-state index contributed by atoms with van der Waals surface area (Å²) in [4.78, 5) is 0. The van der Waals surface area contributed by atoms with Crippen molar-refractivity contribution in [3.8, 4) is 0 Å². The van der Waals surface area contributed by atoms with Crippen molar-refractivity contribution in [2.75, 3.05) is 0 Å². The highest BCUT2D eigenvalue weighted by Gasteiger charge is 2.43. The second-order valence-corrected chi connectivity index (χ2v) is 10.3. The maximum atomic E-state index is 13.5. The molecule has 0 atom stereocenters. The Labute approximate surface area is 173 Å². The van der Waals surface area contributed by atoms with E-state index >= 15 is 0 Å². The zero-order valence-electron chi connectivity index (χ0n) is 16.4. The van der Waals surface area contributed by atoms with Crippen molar-refractivity contribution in [2.45, 2.75) is 6.92 Å². The van der Waals surface area contributed by atoms with Gasteiger partial charge in [-0.05, 0) is 48.9 Å². The van der Waals surface area contributed by atoms with E-state index in [2.05, 4.69) is 72.8 Å². The second kappa shape index (κ2) is 8.47. The minimum atomic E-state index is -2.26. The summed E-state index contributed by atoms with van der Waals surface area (Å²) >= 11 is 0. The molecule has 0 unspecified atom stereocenters. The summed E-state index contributed by atoms with van der Waals surface area (Å²) in [7, 11) is -2.26. The molecule has 0 saturated heterocycles. The van der Waals surface area contributed by atoms with E-state index < -0.39 is 7.26 Å². The molecule has 0 amide bonds. The lowest BCUT2D eigenvalue weighted by atomic mass is 10.1. The Kier molecular flexibility index (Phi) is 5.60. The van der Waals surface area contributed by atoms with Crippen LogP contribution in [0.5, 0.6) is 0 Å². The molecule has 29 heavy (non-hydrogen) atoms. The van der Waals surface area contributed by atoms with E-state index in [9.17, 15) is 5.11 Å². The predicted molar refractivity (Wildman–Crippen MR) is 124 cm³/mol. The molecule has 2 heteroatoms. The summed E-state index contributed by atoms with van der Waals surface area (Å²) in [5.41, 5.74) is 1.87. The molecule has 0 aliphatic carbocycles. The van der Waals surface area contributed by atoms with Crippen LogP contribution in [0.2, 0.25) is 0 Å². The van der Waals surface area contributed by atoms with Crippen molar-refractivity contribution < 1.29 is 5.11 Å². The van der Waals surface area contributed by atoms with Gasteiger partial charge < -0.3 is 5.11 Å². The normalized spacial score (nSPS) is 12.0. The zero-order chi connectivity index (χ0) is 20.1. The Bertz CT molecular complexity index is 989. The maximum absolute atomic E-state index is 13.5. The van der Waals surface area contributed by atoms with E-state index in [1.54, 1.807) is 0 Å². The quantitative estimate of drug-likeness (QED) is 0.357. The first-order valence-electron chi connectivity index (χ1n) is 9.73. The summed E-state index contributed by atoms with van der Waals surface area (Å²) < 4.78 is 0. The van der Waals surface area contributed by atoms with Crippen molar-refractivity contribution in [1.82, 2.24) is 0 Å². The average Bonchev–Trinajstić information content (AvgIpc) is 2.79. The number of aryl methyl sites for hydroxylation is 1. The zero-order valence-corrected chi connectivity index (χ0v) is 17.3. The summed E-state index contributed by atoms with van der Waals surface area (Å²) in [6, 6.07) is 39.1. The van der Waals surface area contributed by atoms with Gasteiger partial charge in [0.2, 0.25) is 0 Å². The summed E-state index contributed by atoms with van der Waals surface area (Å²) in [5.74, 6) is 2.05. The van der Waals surface area contributed by atoms with Crippen molar-refractivity contribution in [1.29, 1.82) is 0 Å². The van der Waals surface area contributed by atoms with Gasteiger partial charge >= 0.3 is 0 Å². The van der Waals surface area contributed by atoms with Crippen LogP contribution in [0.1, 0.15) is 11.1 Å². The lowest BCUT2D eigenvalue weighted by Gasteiger charge is -2.27. The lowest BCUT2D eigenvalue weighted by molar-refractivity contribution is -0.243. The molecule has 0 aliphatic heterocycles. The summed E-state index contributed by atoms with van der Waals surface area (Å²) in [6.45, 7) is 2.03. The lowest BCUT2D eigenvalue weighted by Crippen LogP contribution is -2.30. The molecule has 0 radical (unpaired) electrons. The van der Waals surface area contributed by atoms with E-state index in [1.165, 1.54) is 15.9 Å². The molecule has 0 aliphatic rings. The van der Waals surface area contributed by atoms with E-state index in [0.29, 0.717) is 0 Å². The molecule has 4 rings (SSSR count). The Morgan fingerprint density at radius 2 is 0.966 bits per heavy atom. The van der Waals surface area contributed by atoms with E-state index in [1.807, 2.05) is 55.2 Å². The molecule has 0 aromatic heterocycles. The molecule has 0 saturated carbocycles. The first-order valence-corrected chi connectivity index (χ1v) is 11.6. The highest BCUT2D eigenvalue weighted by molar-refractivity contribution is 7.98. The van der Waals surface area contributed by atoms with Crippen molar-refractivity contribution in [2.24, 2.45) is 0 Å². The van der Waals surface area contributed by atoms with Gasteiger partial charge in [0.15, 0.2) is 0 Å². The van der Waals surface area contributed by atoms with Crippen LogP contribution < -0.4 is 21.0 Å². The highest BCUT2D eigenvalue weighted by atomic mass is 31.2. The van der Waals surface area contributed by atoms with Crippen molar-refractivity contribution in [3.05, 3.63) is 132 Å². The average molecular weight is 394 g/mol. The molecule has 0 heterocycles. The molecule has 4 aromatic carbocycles. The van der Waals surface area contributed by atoms with Crippen LogP contribution in [0.4, 0.5) is 0 Å². The third-order valence-electron chi connectivity index (χ3n) is 5.14. The SMILES string of the molecule is Cc1ccc(/C([O-])=C/[P+](c2ccccc2)(c2ccccc2)c2ccccc2)cc1. The van der Waals surface area contributed by atoms with Gasteiger partial charge in [0, 0.05) is 0 Å². The van der Waals surface area contributed by atoms with Gasteiger partial charge in [-0.25, -0.2) is 0 Å². The van der Waals surface area contributed by atoms with Crippen LogP contribution in [-0.2, 0) is 0 Å². The topological polar surface area (TPSA) is 23.1 Å². The van der Waals surface area contributed by atoms with Gasteiger partial charge in [-0.3, -0.25) is 0 Å². The number of benzene rings is 4. The molecular weight excluding hydrogens is 371 g/mol. The van der Waals surface area contributed by atoms with Gasteiger partial charge in [-0.2, -0.15) is 0 Å². The van der Waals surface area contributed by atoms with Gasteiger partial charge in [-0.15, -0.1) is 0 Å². The van der Waals surface area contributed by atoms with Crippen LogP contribution in [0, 0.1) is 6.92 Å². The van der Waals surface area contributed by atoms with Crippen LogP contribution in [0.25, 0.3) is 5.76 Å². The largest absolute Gasteiger partial charge is 0.870 e. The Morgan fingerprint density at radius 3 is 1.34 bits per heavy atom. The van der Waals surface area contributed by atoms with Crippen LogP contribution >= 0.6 is 7.26 Å². The van der Waals surface area contributed by atoms with E-state index in [-0.39, 0.29) is 5.76 Å². The molecule has 0 spiro atoms. The minimum absolute atomic E-state index is 0.0647. The Morgan fingerprint density at radius 1 is 0.586 bits per heavy atom. The summed E-state index contributed by atoms with van der Waals surface area (Å²) in [5, 5.41) is 17.0. The molecule has 4 aromatic rings. The smallest absolute Gasteiger partial charge is 0.136 e. The molecule has 142 valence electrons. The first-order chi connectivity index (χ1) is 14.2. The van der Waals surface area contributed by atoms with Gasteiger partial charge in [0.25, 0.3) is 0 Å². The second-order valence-electron chi connectivity index (χ2n) is 7.09. The van der Waals surface area contributed by atoms with Gasteiger partial charge in [0.1, 0.15) is 23.2 Å². The number of hydrogen-bond donors (Lipinski definition) is 0. The molecule has 1 nitrogen and oxygen atoms in total. The van der Waals surface area contributed by atoms with Crippen molar-refractivity contribution in [3.63, 3.8) is 0 Å². The van der Waals surface area contributed by atoms with Crippen LogP contribution in [0.3, 0.4) is 0 Å². The fourth-order valence-corrected chi connectivity index (χ4v) is 7.40. The monoisotopic (exact) mass is 394 g/mol. The van der Waals surface area contributed by atoms with Gasteiger partial charge in [0.05, 0.1) is 5.82 Å². The fourth-order valence-electron chi connectivity index (χ4n) is 3.63.